The molecule has 0 saturated heterocycles. The van der Waals surface area contributed by atoms with Crippen LogP contribution in [0.25, 0.3) is 0 Å². The summed E-state index contributed by atoms with van der Waals surface area (Å²) >= 11 is 9.44. The Morgan fingerprint density at radius 3 is 2.56 bits per heavy atom. The molecule has 4 nitrogen and oxygen atoms in total. The highest BCUT2D eigenvalue weighted by molar-refractivity contribution is 8.18. The topological polar surface area (TPSA) is 43.1 Å². The number of benzene rings is 2. The van der Waals surface area contributed by atoms with Gasteiger partial charge in [-0.25, -0.2) is 0 Å². The first-order chi connectivity index (χ1) is 12.2. The van der Waals surface area contributed by atoms with Gasteiger partial charge >= 0.3 is 0 Å². The van der Waals surface area contributed by atoms with Gasteiger partial charge in [-0.2, -0.15) is 9.78 Å². The van der Waals surface area contributed by atoms with E-state index in [1.807, 2.05) is 47.1 Å². The van der Waals surface area contributed by atoms with Crippen molar-refractivity contribution in [1.29, 1.82) is 0 Å². The predicted octanol–water partition coefficient (Wildman–Crippen LogP) is 4.97. The Morgan fingerprint density at radius 2 is 1.84 bits per heavy atom. The molecule has 0 amide bonds. The van der Waals surface area contributed by atoms with Gasteiger partial charge in [0.1, 0.15) is 4.58 Å². The molecule has 1 aliphatic rings. The van der Waals surface area contributed by atoms with Gasteiger partial charge in [-0.3, -0.25) is 0 Å². The molecule has 0 aliphatic carbocycles. The van der Waals surface area contributed by atoms with Gasteiger partial charge in [-0.05, 0) is 29.8 Å². The summed E-state index contributed by atoms with van der Waals surface area (Å²) in [6, 6.07) is 18.2. The van der Waals surface area contributed by atoms with Crippen molar-refractivity contribution in [2.45, 2.75) is 28.0 Å². The summed E-state index contributed by atoms with van der Waals surface area (Å²) in [5.41, 5.74) is 2.13. The largest absolute Gasteiger partial charge is 0.213 e. The van der Waals surface area contributed by atoms with E-state index in [4.69, 9.17) is 16.7 Å². The van der Waals surface area contributed by atoms with Gasteiger partial charge in [0, 0.05) is 16.3 Å². The molecule has 1 atom stereocenters. The van der Waals surface area contributed by atoms with Gasteiger partial charge in [0.05, 0.1) is 5.71 Å². The van der Waals surface area contributed by atoms with Crippen LogP contribution in [0.3, 0.4) is 0 Å². The molecular formula is C18H15ClN4S2. The molecular weight excluding hydrogens is 372 g/mol. The average molecular weight is 387 g/mol. The zero-order valence-corrected chi connectivity index (χ0v) is 15.9. The first-order valence-electron chi connectivity index (χ1n) is 7.92. The van der Waals surface area contributed by atoms with Crippen molar-refractivity contribution in [3.8, 4) is 0 Å². The Hall–Kier alpha value is -1.76. The van der Waals surface area contributed by atoms with E-state index in [9.17, 15) is 0 Å². The van der Waals surface area contributed by atoms with Crippen molar-refractivity contribution in [2.24, 2.45) is 5.10 Å². The summed E-state index contributed by atoms with van der Waals surface area (Å²) < 4.78 is 1.97. The molecule has 0 bridgehead atoms. The highest BCUT2D eigenvalue weighted by atomic mass is 35.5. The van der Waals surface area contributed by atoms with Crippen LogP contribution in [-0.4, -0.2) is 25.2 Å². The third-order valence-corrected chi connectivity index (χ3v) is 6.48. The molecule has 1 aliphatic heterocycles. The molecule has 0 N–H and O–H groups in total. The number of hydrogen-bond donors (Lipinski definition) is 0. The van der Waals surface area contributed by atoms with E-state index in [2.05, 4.69) is 29.3 Å². The fourth-order valence-electron chi connectivity index (χ4n) is 2.52. The molecule has 1 aromatic heterocycles. The predicted molar refractivity (Wildman–Crippen MR) is 105 cm³/mol. The minimum atomic E-state index is 0.102. The standard InChI is InChI=1S/C18H15ClN4S2/c1-2-15-20-21-18-23(15)22-16(12-6-4-3-5-7-12)17(25-18)24-14-10-8-13(19)9-11-14/h3-11,17H,2H2,1H3. The Bertz CT molecular complexity index is 907. The number of aryl methyl sites for hydroxylation is 1. The fourth-order valence-corrected chi connectivity index (χ4v) is 5.08. The van der Waals surface area contributed by atoms with Gasteiger partial charge in [0.15, 0.2) is 5.82 Å². The maximum atomic E-state index is 6.00. The van der Waals surface area contributed by atoms with E-state index in [0.29, 0.717) is 0 Å². The fraction of sp³-hybridized carbons (Fsp3) is 0.167. The first-order valence-corrected chi connectivity index (χ1v) is 10.1. The zero-order valence-electron chi connectivity index (χ0n) is 13.5. The summed E-state index contributed by atoms with van der Waals surface area (Å²) in [6.45, 7) is 2.06. The molecule has 0 radical (unpaired) electrons. The lowest BCUT2D eigenvalue weighted by atomic mass is 10.1. The Kier molecular flexibility index (Phi) is 4.83. The van der Waals surface area contributed by atoms with Crippen LogP contribution in [0, 0.1) is 0 Å². The molecule has 1 unspecified atom stereocenters. The van der Waals surface area contributed by atoms with Crippen LogP contribution in [0.15, 0.2) is 69.8 Å². The molecule has 126 valence electrons. The third kappa shape index (κ3) is 3.47. The summed E-state index contributed by atoms with van der Waals surface area (Å²) in [4.78, 5) is 1.15. The van der Waals surface area contributed by atoms with Crippen molar-refractivity contribution in [2.75, 3.05) is 0 Å². The number of thioether (sulfide) groups is 2. The number of aromatic nitrogens is 3. The average Bonchev–Trinajstić information content (AvgIpc) is 3.05. The van der Waals surface area contributed by atoms with Crippen LogP contribution in [0.5, 0.6) is 0 Å². The summed E-state index contributed by atoms with van der Waals surface area (Å²) in [5.74, 6) is 0.880. The number of hydrogen-bond acceptors (Lipinski definition) is 5. The van der Waals surface area contributed by atoms with Crippen molar-refractivity contribution in [3.05, 3.63) is 71.0 Å². The monoisotopic (exact) mass is 386 g/mol. The lowest BCUT2D eigenvalue weighted by Crippen LogP contribution is -2.22. The number of rotatable bonds is 4. The van der Waals surface area contributed by atoms with Gasteiger partial charge < -0.3 is 0 Å². The molecule has 0 spiro atoms. The lowest BCUT2D eigenvalue weighted by molar-refractivity contribution is 0.712. The van der Waals surface area contributed by atoms with E-state index >= 15 is 0 Å². The van der Waals surface area contributed by atoms with Crippen LogP contribution in [0.2, 0.25) is 5.02 Å². The normalized spacial score (nSPS) is 16.4. The highest BCUT2D eigenvalue weighted by Crippen LogP contribution is 2.40. The Labute approximate surface area is 159 Å². The van der Waals surface area contributed by atoms with Gasteiger partial charge in [0.2, 0.25) is 5.16 Å². The van der Waals surface area contributed by atoms with Crippen LogP contribution in [0.1, 0.15) is 18.3 Å². The van der Waals surface area contributed by atoms with Crippen LogP contribution in [-0.2, 0) is 6.42 Å². The van der Waals surface area contributed by atoms with Gasteiger partial charge in [-0.1, -0.05) is 60.6 Å². The second-order valence-electron chi connectivity index (χ2n) is 5.44. The van der Waals surface area contributed by atoms with Gasteiger partial charge in [0.25, 0.3) is 0 Å². The van der Waals surface area contributed by atoms with Crippen LogP contribution >= 0.6 is 35.1 Å². The van der Waals surface area contributed by atoms with Crippen molar-refractivity contribution < 1.29 is 0 Å². The molecule has 3 aromatic rings. The summed E-state index contributed by atoms with van der Waals surface area (Å²) in [6.07, 6.45) is 0.800. The second-order valence-corrected chi connectivity index (χ2v) is 8.42. The first kappa shape index (κ1) is 16.7. The molecule has 25 heavy (non-hydrogen) atoms. The lowest BCUT2D eigenvalue weighted by Gasteiger charge is -2.22. The van der Waals surface area contributed by atoms with E-state index in [1.165, 1.54) is 0 Å². The summed E-state index contributed by atoms with van der Waals surface area (Å²) in [5, 5.41) is 15.0. The van der Waals surface area contributed by atoms with Crippen LogP contribution < -0.4 is 0 Å². The minimum absolute atomic E-state index is 0.102. The quantitative estimate of drug-likeness (QED) is 0.634. The highest BCUT2D eigenvalue weighted by Gasteiger charge is 2.29. The smallest absolute Gasteiger partial charge is 0.191 e. The van der Waals surface area contributed by atoms with Crippen molar-refractivity contribution >= 4 is 40.8 Å². The Morgan fingerprint density at radius 1 is 1.08 bits per heavy atom. The maximum Gasteiger partial charge on any atom is 0.213 e. The molecule has 0 saturated carbocycles. The Balaban J connectivity index is 1.74. The molecule has 2 aromatic carbocycles. The number of nitrogens with zero attached hydrogens (tertiary/aromatic N) is 4. The number of halogens is 1. The molecule has 0 fully saturated rings. The molecule has 4 rings (SSSR count). The number of fused-ring (bicyclic) bond motifs is 1. The third-order valence-electron chi connectivity index (χ3n) is 3.76. The van der Waals surface area contributed by atoms with E-state index in [-0.39, 0.29) is 4.58 Å². The van der Waals surface area contributed by atoms with E-state index in [1.54, 1.807) is 23.5 Å². The van der Waals surface area contributed by atoms with E-state index in [0.717, 1.165) is 38.6 Å². The molecule has 7 heteroatoms. The van der Waals surface area contributed by atoms with Crippen LogP contribution in [0.4, 0.5) is 0 Å². The van der Waals surface area contributed by atoms with Gasteiger partial charge in [-0.15, -0.1) is 22.0 Å². The zero-order chi connectivity index (χ0) is 17.2. The van der Waals surface area contributed by atoms with E-state index < -0.39 is 0 Å². The maximum absolute atomic E-state index is 6.00. The second kappa shape index (κ2) is 7.23. The van der Waals surface area contributed by atoms with Crippen molar-refractivity contribution in [1.82, 2.24) is 14.9 Å². The SMILES string of the molecule is CCc1nnc2n1N=C(c1ccccc1)C(Sc1ccc(Cl)cc1)S2. The summed E-state index contributed by atoms with van der Waals surface area (Å²) in [7, 11) is 0. The minimum Gasteiger partial charge on any atom is -0.191 e. The van der Waals surface area contributed by atoms with Crippen molar-refractivity contribution in [3.63, 3.8) is 0 Å². The molecule has 2 heterocycles.